The number of hydrogen-bond donors (Lipinski definition) is 1. The van der Waals surface area contributed by atoms with Gasteiger partial charge in [-0.05, 0) is 24.6 Å². The van der Waals surface area contributed by atoms with Crippen LogP contribution in [0.2, 0.25) is 0 Å². The van der Waals surface area contributed by atoms with Crippen molar-refractivity contribution in [2.24, 2.45) is 0 Å². The fraction of sp³-hybridized carbons (Fsp3) is 0.421. The number of morpholine rings is 1. The first-order chi connectivity index (χ1) is 14.2. The van der Waals surface area contributed by atoms with Crippen molar-refractivity contribution < 1.29 is 13.2 Å². The van der Waals surface area contributed by atoms with Crippen LogP contribution in [0.15, 0.2) is 18.3 Å². The van der Waals surface area contributed by atoms with Gasteiger partial charge in [0, 0.05) is 43.3 Å². The van der Waals surface area contributed by atoms with Crippen LogP contribution in [0.4, 0.5) is 11.6 Å². The van der Waals surface area contributed by atoms with Gasteiger partial charge in [0.05, 0.1) is 29.7 Å². The van der Waals surface area contributed by atoms with Crippen LogP contribution in [0, 0.1) is 6.92 Å². The van der Waals surface area contributed by atoms with E-state index in [4.69, 9.17) is 20.4 Å². The van der Waals surface area contributed by atoms with Crippen LogP contribution in [-0.4, -0.2) is 67.3 Å². The highest BCUT2D eigenvalue weighted by atomic mass is 32.2. The molecule has 0 aromatic carbocycles. The number of thiophene rings is 1. The van der Waals surface area contributed by atoms with Gasteiger partial charge in [-0.15, -0.1) is 11.3 Å². The Morgan fingerprint density at radius 1 is 1.27 bits per heavy atom. The van der Waals surface area contributed by atoms with E-state index in [-0.39, 0.29) is 0 Å². The van der Waals surface area contributed by atoms with E-state index in [2.05, 4.69) is 9.88 Å². The van der Waals surface area contributed by atoms with Gasteiger partial charge in [0.15, 0.2) is 11.6 Å². The molecule has 4 heterocycles. The summed E-state index contributed by atoms with van der Waals surface area (Å²) >= 11 is 1.55. The second-order valence-corrected chi connectivity index (χ2v) is 10.5. The summed E-state index contributed by atoms with van der Waals surface area (Å²) in [5.74, 6) is 1.85. The third kappa shape index (κ3) is 4.10. The van der Waals surface area contributed by atoms with Crippen molar-refractivity contribution >= 4 is 43.2 Å². The minimum absolute atomic E-state index is 0.299. The Balaban J connectivity index is 1.86. The molecule has 0 amide bonds. The number of nitrogens with two attached hydrogens (primary N) is 1. The first-order valence-electron chi connectivity index (χ1n) is 9.50. The van der Waals surface area contributed by atoms with Crippen molar-refractivity contribution in [2.45, 2.75) is 13.5 Å². The molecule has 1 fully saturated rings. The Bertz CT molecular complexity index is 1170. The molecule has 0 aliphatic carbocycles. The van der Waals surface area contributed by atoms with Gasteiger partial charge < -0.3 is 15.4 Å². The molecule has 11 heteroatoms. The van der Waals surface area contributed by atoms with Gasteiger partial charge in [0.1, 0.15) is 5.82 Å². The van der Waals surface area contributed by atoms with Crippen LogP contribution in [0.3, 0.4) is 0 Å². The molecule has 3 aromatic rings. The van der Waals surface area contributed by atoms with E-state index in [0.29, 0.717) is 31.4 Å². The van der Waals surface area contributed by atoms with Crippen LogP contribution < -0.4 is 10.6 Å². The van der Waals surface area contributed by atoms with Crippen LogP contribution >= 0.6 is 11.3 Å². The molecular weight excluding hydrogens is 424 g/mol. The molecule has 0 unspecified atom stereocenters. The van der Waals surface area contributed by atoms with Gasteiger partial charge in [0.2, 0.25) is 10.0 Å². The van der Waals surface area contributed by atoms with Gasteiger partial charge in [0.25, 0.3) is 0 Å². The van der Waals surface area contributed by atoms with Crippen molar-refractivity contribution in [3.8, 4) is 11.4 Å². The number of aryl methyl sites for hydroxylation is 1. The Kier molecular flexibility index (Phi) is 5.62. The first kappa shape index (κ1) is 20.9. The molecular formula is C19H24N6O3S2. The van der Waals surface area contributed by atoms with Gasteiger partial charge in [-0.1, -0.05) is 0 Å². The lowest BCUT2D eigenvalue weighted by Gasteiger charge is -2.28. The number of anilines is 2. The predicted octanol–water partition coefficient (Wildman–Crippen LogP) is 1.87. The standard InChI is InChI=1S/C19H24N6O3S2/c1-12-14(11-24(2)30(3,26)27)29-17-16(12)22-18(13-4-5-15(20)21-10-13)23-19(17)25-6-8-28-9-7-25/h4-5,10H,6-9,11H2,1-3H3,(H2,20,21). The molecule has 1 saturated heterocycles. The lowest BCUT2D eigenvalue weighted by molar-refractivity contribution is 0.122. The van der Waals surface area contributed by atoms with E-state index >= 15 is 0 Å². The summed E-state index contributed by atoms with van der Waals surface area (Å²) < 4.78 is 31.6. The third-order valence-corrected chi connectivity index (χ3v) is 7.66. The zero-order chi connectivity index (χ0) is 21.5. The molecule has 4 rings (SSSR count). The quantitative estimate of drug-likeness (QED) is 0.629. The highest BCUT2D eigenvalue weighted by molar-refractivity contribution is 7.88. The van der Waals surface area contributed by atoms with E-state index in [1.807, 2.05) is 13.0 Å². The topological polar surface area (TPSA) is 115 Å². The summed E-state index contributed by atoms with van der Waals surface area (Å²) in [7, 11) is -1.70. The van der Waals surface area contributed by atoms with Crippen LogP contribution in [0.25, 0.3) is 21.6 Å². The fourth-order valence-corrected chi connectivity index (χ4v) is 5.01. The molecule has 2 N–H and O–H groups in total. The Hall–Kier alpha value is -2.34. The van der Waals surface area contributed by atoms with Crippen molar-refractivity contribution in [1.29, 1.82) is 0 Å². The zero-order valence-corrected chi connectivity index (χ0v) is 18.8. The van der Waals surface area contributed by atoms with Crippen molar-refractivity contribution in [2.75, 3.05) is 50.2 Å². The van der Waals surface area contributed by atoms with Crippen LogP contribution in [-0.2, 0) is 21.3 Å². The van der Waals surface area contributed by atoms with E-state index in [1.54, 1.807) is 30.6 Å². The highest BCUT2D eigenvalue weighted by Crippen LogP contribution is 2.38. The van der Waals surface area contributed by atoms with Crippen molar-refractivity contribution in [3.05, 3.63) is 28.8 Å². The normalized spacial score (nSPS) is 15.3. The van der Waals surface area contributed by atoms with Gasteiger partial charge in [-0.2, -0.15) is 0 Å². The Labute approximate surface area is 179 Å². The molecule has 0 radical (unpaired) electrons. The molecule has 0 spiro atoms. The molecule has 0 saturated carbocycles. The molecule has 30 heavy (non-hydrogen) atoms. The largest absolute Gasteiger partial charge is 0.384 e. The summed E-state index contributed by atoms with van der Waals surface area (Å²) in [5.41, 5.74) is 8.30. The Morgan fingerprint density at radius 2 is 2.00 bits per heavy atom. The van der Waals surface area contributed by atoms with E-state index in [0.717, 1.165) is 45.1 Å². The predicted molar refractivity (Wildman–Crippen MR) is 119 cm³/mol. The van der Waals surface area contributed by atoms with E-state index in [1.165, 1.54) is 10.6 Å². The average molecular weight is 449 g/mol. The molecule has 1 aliphatic rings. The number of nitrogen functional groups attached to an aromatic ring is 1. The molecule has 160 valence electrons. The second kappa shape index (κ2) is 8.06. The monoisotopic (exact) mass is 448 g/mol. The average Bonchev–Trinajstić information content (AvgIpc) is 3.03. The minimum atomic E-state index is -3.28. The number of sulfonamides is 1. The number of nitrogens with zero attached hydrogens (tertiary/aromatic N) is 5. The summed E-state index contributed by atoms with van der Waals surface area (Å²) in [4.78, 5) is 17.0. The third-order valence-electron chi connectivity index (χ3n) is 5.13. The fourth-order valence-electron chi connectivity index (χ4n) is 3.25. The van der Waals surface area contributed by atoms with E-state index < -0.39 is 10.0 Å². The SMILES string of the molecule is Cc1c(CN(C)S(C)(=O)=O)sc2c(N3CCOCC3)nc(-c3ccc(N)nc3)nc12. The second-order valence-electron chi connectivity index (χ2n) is 7.29. The van der Waals surface area contributed by atoms with Crippen molar-refractivity contribution in [1.82, 2.24) is 19.3 Å². The maximum absolute atomic E-state index is 11.9. The number of ether oxygens (including phenoxy) is 1. The number of hydrogen-bond acceptors (Lipinski definition) is 9. The van der Waals surface area contributed by atoms with Crippen LogP contribution in [0.1, 0.15) is 10.4 Å². The molecule has 9 nitrogen and oxygen atoms in total. The van der Waals surface area contributed by atoms with Crippen LogP contribution in [0.5, 0.6) is 0 Å². The first-order valence-corrected chi connectivity index (χ1v) is 12.2. The number of rotatable bonds is 5. The number of pyridine rings is 1. The van der Waals surface area contributed by atoms with Crippen molar-refractivity contribution in [3.63, 3.8) is 0 Å². The Morgan fingerprint density at radius 3 is 2.63 bits per heavy atom. The maximum Gasteiger partial charge on any atom is 0.211 e. The lowest BCUT2D eigenvalue weighted by Crippen LogP contribution is -2.36. The highest BCUT2D eigenvalue weighted by Gasteiger charge is 2.23. The lowest BCUT2D eigenvalue weighted by atomic mass is 10.2. The summed E-state index contributed by atoms with van der Waals surface area (Å²) in [5, 5.41) is 0. The molecule has 3 aromatic heterocycles. The van der Waals surface area contributed by atoms with Gasteiger partial charge in [-0.3, -0.25) is 0 Å². The maximum atomic E-state index is 11.9. The van der Waals surface area contributed by atoms with Gasteiger partial charge in [-0.25, -0.2) is 27.7 Å². The molecule has 1 aliphatic heterocycles. The van der Waals surface area contributed by atoms with Gasteiger partial charge >= 0.3 is 0 Å². The molecule has 0 bridgehead atoms. The summed E-state index contributed by atoms with van der Waals surface area (Å²) in [6, 6.07) is 3.58. The smallest absolute Gasteiger partial charge is 0.211 e. The summed E-state index contributed by atoms with van der Waals surface area (Å²) in [6.07, 6.45) is 2.88. The zero-order valence-electron chi connectivity index (χ0n) is 17.1. The van der Waals surface area contributed by atoms with E-state index in [9.17, 15) is 8.42 Å². The summed E-state index contributed by atoms with van der Waals surface area (Å²) in [6.45, 7) is 5.02. The minimum Gasteiger partial charge on any atom is -0.384 e. The number of aromatic nitrogens is 3. The number of fused-ring (bicyclic) bond motifs is 1. The molecule has 0 atom stereocenters.